The van der Waals surface area contributed by atoms with E-state index in [1.807, 2.05) is 18.2 Å². The van der Waals surface area contributed by atoms with E-state index >= 15 is 0 Å². The van der Waals surface area contributed by atoms with Gasteiger partial charge in [-0.05, 0) is 30.5 Å². The number of nitrogens with one attached hydrogen (secondary N) is 1. The minimum Gasteiger partial charge on any atom is -0.384 e. The Kier molecular flexibility index (Phi) is 4.76. The second-order valence-corrected chi connectivity index (χ2v) is 5.06. The molecule has 14 heavy (non-hydrogen) atoms. The Morgan fingerprint density at radius 2 is 2.14 bits per heavy atom. The van der Waals surface area contributed by atoms with Gasteiger partial charge in [0.2, 0.25) is 0 Å². The number of halogens is 2. The zero-order chi connectivity index (χ0) is 10.6. The molecule has 0 aliphatic heterocycles. The van der Waals surface area contributed by atoms with Gasteiger partial charge >= 0.3 is 0 Å². The SMILES string of the molecule is CC(C)CCNc1cc(Br)ccc1Cl. The molecule has 1 aromatic carbocycles. The van der Waals surface area contributed by atoms with E-state index in [4.69, 9.17) is 11.6 Å². The van der Waals surface area contributed by atoms with E-state index in [-0.39, 0.29) is 0 Å². The Morgan fingerprint density at radius 1 is 1.43 bits per heavy atom. The van der Waals surface area contributed by atoms with E-state index in [1.165, 1.54) is 0 Å². The molecule has 78 valence electrons. The molecule has 1 nitrogen and oxygen atoms in total. The van der Waals surface area contributed by atoms with Crippen LogP contribution < -0.4 is 5.32 Å². The highest BCUT2D eigenvalue weighted by Crippen LogP contribution is 2.25. The van der Waals surface area contributed by atoms with E-state index in [0.29, 0.717) is 5.92 Å². The van der Waals surface area contributed by atoms with Crippen molar-refractivity contribution in [3.63, 3.8) is 0 Å². The van der Waals surface area contributed by atoms with Gasteiger partial charge in [0.05, 0.1) is 10.7 Å². The van der Waals surface area contributed by atoms with Crippen molar-refractivity contribution >= 4 is 33.2 Å². The molecule has 0 bridgehead atoms. The van der Waals surface area contributed by atoms with Crippen LogP contribution in [0, 0.1) is 5.92 Å². The Morgan fingerprint density at radius 3 is 2.79 bits per heavy atom. The van der Waals surface area contributed by atoms with Crippen LogP contribution in [0.1, 0.15) is 20.3 Å². The van der Waals surface area contributed by atoms with Gasteiger partial charge in [-0.15, -0.1) is 0 Å². The van der Waals surface area contributed by atoms with Gasteiger partial charge in [0.1, 0.15) is 0 Å². The molecule has 0 radical (unpaired) electrons. The van der Waals surface area contributed by atoms with Crippen molar-refractivity contribution in [2.45, 2.75) is 20.3 Å². The van der Waals surface area contributed by atoms with Crippen LogP contribution in [0.4, 0.5) is 5.69 Å². The molecule has 0 aromatic heterocycles. The van der Waals surface area contributed by atoms with Crippen molar-refractivity contribution in [1.29, 1.82) is 0 Å². The molecular formula is C11H15BrClN. The molecule has 0 aliphatic rings. The van der Waals surface area contributed by atoms with Gasteiger partial charge in [-0.1, -0.05) is 41.4 Å². The zero-order valence-electron chi connectivity index (χ0n) is 8.48. The van der Waals surface area contributed by atoms with Gasteiger partial charge in [-0.2, -0.15) is 0 Å². The highest BCUT2D eigenvalue weighted by Gasteiger charge is 2.00. The molecule has 1 N–H and O–H groups in total. The van der Waals surface area contributed by atoms with Crippen LogP contribution in [0.25, 0.3) is 0 Å². The average Bonchev–Trinajstić information content (AvgIpc) is 2.10. The van der Waals surface area contributed by atoms with Crippen LogP contribution in [0.15, 0.2) is 22.7 Å². The van der Waals surface area contributed by atoms with Crippen molar-refractivity contribution in [2.75, 3.05) is 11.9 Å². The first kappa shape index (κ1) is 11.9. The van der Waals surface area contributed by atoms with Gasteiger partial charge in [0, 0.05) is 11.0 Å². The predicted octanol–water partition coefficient (Wildman–Crippen LogP) is 4.56. The molecule has 3 heteroatoms. The van der Waals surface area contributed by atoms with Gasteiger partial charge < -0.3 is 5.32 Å². The number of rotatable bonds is 4. The third kappa shape index (κ3) is 3.89. The Labute approximate surface area is 99.0 Å². The molecule has 0 fully saturated rings. The largest absolute Gasteiger partial charge is 0.384 e. The standard InChI is InChI=1S/C11H15BrClN/c1-8(2)5-6-14-11-7-9(12)3-4-10(11)13/h3-4,7-8,14H,5-6H2,1-2H3. The van der Waals surface area contributed by atoms with Gasteiger partial charge in [-0.25, -0.2) is 0 Å². The highest BCUT2D eigenvalue weighted by molar-refractivity contribution is 9.10. The van der Waals surface area contributed by atoms with Crippen LogP contribution >= 0.6 is 27.5 Å². The lowest BCUT2D eigenvalue weighted by molar-refractivity contribution is 0.607. The van der Waals surface area contributed by atoms with Gasteiger partial charge in [0.15, 0.2) is 0 Å². The van der Waals surface area contributed by atoms with E-state index < -0.39 is 0 Å². The average molecular weight is 277 g/mol. The molecule has 0 spiro atoms. The van der Waals surface area contributed by atoms with E-state index in [2.05, 4.69) is 35.1 Å². The second-order valence-electron chi connectivity index (χ2n) is 3.73. The lowest BCUT2D eigenvalue weighted by Gasteiger charge is -2.10. The Bertz CT molecular complexity index is 299. The molecule has 1 rings (SSSR count). The molecule has 0 amide bonds. The predicted molar refractivity (Wildman–Crippen MR) is 67.1 cm³/mol. The van der Waals surface area contributed by atoms with Gasteiger partial charge in [-0.3, -0.25) is 0 Å². The molecule has 1 aromatic rings. The molecule has 0 heterocycles. The fourth-order valence-corrected chi connectivity index (χ4v) is 1.67. The maximum absolute atomic E-state index is 6.03. The third-order valence-corrected chi connectivity index (χ3v) is 2.79. The second kappa shape index (κ2) is 5.62. The van der Waals surface area contributed by atoms with Crippen LogP contribution in [-0.4, -0.2) is 6.54 Å². The molecule has 0 saturated heterocycles. The Balaban J connectivity index is 2.53. The quantitative estimate of drug-likeness (QED) is 0.850. The Hall–Kier alpha value is -0.210. The maximum Gasteiger partial charge on any atom is 0.0638 e. The number of anilines is 1. The molecule has 0 unspecified atom stereocenters. The first-order valence-electron chi connectivity index (χ1n) is 4.78. The van der Waals surface area contributed by atoms with E-state index in [1.54, 1.807) is 0 Å². The number of hydrogen-bond acceptors (Lipinski definition) is 1. The molecule has 0 aliphatic carbocycles. The first-order chi connectivity index (χ1) is 6.59. The van der Waals surface area contributed by atoms with Crippen molar-refractivity contribution in [2.24, 2.45) is 5.92 Å². The summed E-state index contributed by atoms with van der Waals surface area (Å²) < 4.78 is 1.05. The van der Waals surface area contributed by atoms with Crippen molar-refractivity contribution in [3.8, 4) is 0 Å². The number of hydrogen-bond donors (Lipinski definition) is 1. The van der Waals surface area contributed by atoms with Crippen molar-refractivity contribution in [1.82, 2.24) is 0 Å². The summed E-state index contributed by atoms with van der Waals surface area (Å²) >= 11 is 9.45. The summed E-state index contributed by atoms with van der Waals surface area (Å²) in [6.07, 6.45) is 1.16. The monoisotopic (exact) mass is 275 g/mol. The number of benzene rings is 1. The van der Waals surface area contributed by atoms with E-state index in [0.717, 1.165) is 28.1 Å². The minimum absolute atomic E-state index is 0.716. The summed E-state index contributed by atoms with van der Waals surface area (Å²) in [4.78, 5) is 0. The minimum atomic E-state index is 0.716. The first-order valence-corrected chi connectivity index (χ1v) is 5.95. The van der Waals surface area contributed by atoms with Crippen molar-refractivity contribution < 1.29 is 0 Å². The normalized spacial score (nSPS) is 10.6. The third-order valence-electron chi connectivity index (χ3n) is 1.97. The summed E-state index contributed by atoms with van der Waals surface area (Å²) in [7, 11) is 0. The van der Waals surface area contributed by atoms with Crippen molar-refractivity contribution in [3.05, 3.63) is 27.7 Å². The van der Waals surface area contributed by atoms with Crippen LogP contribution in [0.2, 0.25) is 5.02 Å². The summed E-state index contributed by atoms with van der Waals surface area (Å²) in [5.41, 5.74) is 1.00. The fourth-order valence-electron chi connectivity index (χ4n) is 1.13. The summed E-state index contributed by atoms with van der Waals surface area (Å²) in [5.74, 6) is 0.716. The fraction of sp³-hybridized carbons (Fsp3) is 0.455. The molecule has 0 atom stereocenters. The van der Waals surface area contributed by atoms with Gasteiger partial charge in [0.25, 0.3) is 0 Å². The topological polar surface area (TPSA) is 12.0 Å². The zero-order valence-corrected chi connectivity index (χ0v) is 10.8. The maximum atomic E-state index is 6.03. The lowest BCUT2D eigenvalue weighted by Crippen LogP contribution is -2.04. The molecule has 0 saturated carbocycles. The lowest BCUT2D eigenvalue weighted by atomic mass is 10.1. The van der Waals surface area contributed by atoms with Crippen LogP contribution in [0.3, 0.4) is 0 Å². The summed E-state index contributed by atoms with van der Waals surface area (Å²) in [5, 5.41) is 4.10. The van der Waals surface area contributed by atoms with E-state index in [9.17, 15) is 0 Å². The van der Waals surface area contributed by atoms with Crippen LogP contribution in [0.5, 0.6) is 0 Å². The highest BCUT2D eigenvalue weighted by atomic mass is 79.9. The summed E-state index contributed by atoms with van der Waals surface area (Å²) in [6.45, 7) is 5.39. The smallest absolute Gasteiger partial charge is 0.0638 e. The molecular weight excluding hydrogens is 261 g/mol. The van der Waals surface area contributed by atoms with Crippen LogP contribution in [-0.2, 0) is 0 Å². The summed E-state index contributed by atoms with van der Waals surface area (Å²) in [6, 6.07) is 5.84.